The van der Waals surface area contributed by atoms with Crippen LogP contribution in [0, 0.1) is 0 Å². The number of methoxy groups -OCH3 is 1. The quantitative estimate of drug-likeness (QED) is 0.528. The van der Waals surface area contributed by atoms with Gasteiger partial charge in [-0.2, -0.15) is 5.10 Å². The van der Waals surface area contributed by atoms with E-state index in [9.17, 15) is 0 Å². The number of ether oxygens (including phenoxy) is 1. The van der Waals surface area contributed by atoms with Crippen LogP contribution in [0.15, 0.2) is 59.0 Å². The first-order chi connectivity index (χ1) is 11.3. The lowest BCUT2D eigenvalue weighted by Crippen LogP contribution is -1.91. The zero-order chi connectivity index (χ0) is 16.1. The third kappa shape index (κ3) is 3.88. The average Bonchev–Trinajstić information content (AvgIpc) is 3.06. The van der Waals surface area contributed by atoms with E-state index < -0.39 is 0 Å². The Morgan fingerprint density at radius 2 is 2.04 bits per heavy atom. The van der Waals surface area contributed by atoms with Crippen molar-refractivity contribution in [1.82, 2.24) is 4.98 Å². The SMILES string of the molecule is COc1cc(C=NNc2nc(-c3ccccc3)cs2)ccc1Cl. The Bertz CT molecular complexity index is 818. The molecule has 0 radical (unpaired) electrons. The highest BCUT2D eigenvalue weighted by atomic mass is 35.5. The van der Waals surface area contributed by atoms with E-state index >= 15 is 0 Å². The molecule has 23 heavy (non-hydrogen) atoms. The summed E-state index contributed by atoms with van der Waals surface area (Å²) in [5, 5.41) is 7.51. The minimum absolute atomic E-state index is 0.574. The summed E-state index contributed by atoms with van der Waals surface area (Å²) < 4.78 is 5.18. The molecule has 116 valence electrons. The molecular weight excluding hydrogens is 330 g/mol. The number of aromatic nitrogens is 1. The molecule has 0 atom stereocenters. The third-order valence-electron chi connectivity index (χ3n) is 3.12. The van der Waals surface area contributed by atoms with Crippen LogP contribution in [0.2, 0.25) is 5.02 Å². The molecule has 0 bridgehead atoms. The van der Waals surface area contributed by atoms with Crippen molar-refractivity contribution in [3.8, 4) is 17.0 Å². The van der Waals surface area contributed by atoms with Crippen LogP contribution in [0.25, 0.3) is 11.3 Å². The molecule has 0 saturated heterocycles. The van der Waals surface area contributed by atoms with Crippen LogP contribution in [-0.2, 0) is 0 Å². The molecule has 1 heterocycles. The van der Waals surface area contributed by atoms with Gasteiger partial charge >= 0.3 is 0 Å². The number of hydrazone groups is 1. The van der Waals surface area contributed by atoms with Crippen molar-refractivity contribution >= 4 is 34.3 Å². The molecule has 3 rings (SSSR count). The molecule has 4 nitrogen and oxygen atoms in total. The molecule has 1 N–H and O–H groups in total. The van der Waals surface area contributed by atoms with Crippen LogP contribution in [0.5, 0.6) is 5.75 Å². The monoisotopic (exact) mass is 343 g/mol. The van der Waals surface area contributed by atoms with E-state index in [0.29, 0.717) is 10.8 Å². The molecule has 1 aromatic heterocycles. The minimum atomic E-state index is 0.574. The van der Waals surface area contributed by atoms with Gasteiger partial charge in [0.05, 0.1) is 24.0 Å². The van der Waals surface area contributed by atoms with Crippen molar-refractivity contribution < 1.29 is 4.74 Å². The van der Waals surface area contributed by atoms with Crippen molar-refractivity contribution in [3.63, 3.8) is 0 Å². The lowest BCUT2D eigenvalue weighted by molar-refractivity contribution is 0.415. The predicted molar refractivity (Wildman–Crippen MR) is 96.8 cm³/mol. The van der Waals surface area contributed by atoms with E-state index in [0.717, 1.165) is 22.0 Å². The van der Waals surface area contributed by atoms with Crippen molar-refractivity contribution in [2.24, 2.45) is 5.10 Å². The van der Waals surface area contributed by atoms with Gasteiger partial charge in [0, 0.05) is 10.9 Å². The lowest BCUT2D eigenvalue weighted by Gasteiger charge is -2.03. The van der Waals surface area contributed by atoms with Gasteiger partial charge in [-0.05, 0) is 17.7 Å². The number of thiazole rings is 1. The first-order valence-corrected chi connectivity index (χ1v) is 8.15. The maximum absolute atomic E-state index is 5.99. The Morgan fingerprint density at radius 3 is 2.83 bits per heavy atom. The van der Waals surface area contributed by atoms with E-state index in [1.54, 1.807) is 19.4 Å². The second-order valence-electron chi connectivity index (χ2n) is 4.67. The summed E-state index contributed by atoms with van der Waals surface area (Å²) >= 11 is 7.50. The van der Waals surface area contributed by atoms with Crippen LogP contribution in [0.3, 0.4) is 0 Å². The molecule has 6 heteroatoms. The summed E-state index contributed by atoms with van der Waals surface area (Å²) in [5.41, 5.74) is 5.84. The number of hydrogen-bond donors (Lipinski definition) is 1. The highest BCUT2D eigenvalue weighted by Crippen LogP contribution is 2.25. The Kier molecular flexibility index (Phi) is 4.90. The molecule has 0 amide bonds. The zero-order valence-corrected chi connectivity index (χ0v) is 13.9. The van der Waals surface area contributed by atoms with Gasteiger partial charge in [-0.1, -0.05) is 48.0 Å². The summed E-state index contributed by atoms with van der Waals surface area (Å²) in [4.78, 5) is 4.51. The predicted octanol–water partition coefficient (Wildman–Crippen LogP) is 4.92. The maximum Gasteiger partial charge on any atom is 0.203 e. The van der Waals surface area contributed by atoms with Gasteiger partial charge < -0.3 is 4.74 Å². The fourth-order valence-electron chi connectivity index (χ4n) is 1.99. The van der Waals surface area contributed by atoms with Gasteiger partial charge in [-0.3, -0.25) is 5.43 Å². The molecule has 2 aromatic carbocycles. The van der Waals surface area contributed by atoms with E-state index in [2.05, 4.69) is 15.5 Å². The number of halogens is 1. The highest BCUT2D eigenvalue weighted by Gasteiger charge is 2.03. The molecule has 0 aliphatic carbocycles. The molecular formula is C17H14ClN3OS. The molecule has 0 aliphatic heterocycles. The number of rotatable bonds is 5. The Balaban J connectivity index is 1.68. The van der Waals surface area contributed by atoms with Crippen molar-refractivity contribution in [1.29, 1.82) is 0 Å². The molecule has 3 aromatic rings. The van der Waals surface area contributed by atoms with Crippen molar-refractivity contribution in [2.75, 3.05) is 12.5 Å². The second kappa shape index (κ2) is 7.26. The van der Waals surface area contributed by atoms with Crippen molar-refractivity contribution in [3.05, 3.63) is 64.5 Å². The topological polar surface area (TPSA) is 46.5 Å². The van der Waals surface area contributed by atoms with Crippen LogP contribution in [0.1, 0.15) is 5.56 Å². The van der Waals surface area contributed by atoms with Crippen LogP contribution in [0.4, 0.5) is 5.13 Å². The largest absolute Gasteiger partial charge is 0.495 e. The fraction of sp³-hybridized carbons (Fsp3) is 0.0588. The molecule has 0 saturated carbocycles. The van der Waals surface area contributed by atoms with Crippen LogP contribution < -0.4 is 10.2 Å². The first kappa shape index (κ1) is 15.5. The lowest BCUT2D eigenvalue weighted by atomic mass is 10.2. The third-order valence-corrected chi connectivity index (χ3v) is 4.18. The van der Waals surface area contributed by atoms with E-state index in [-0.39, 0.29) is 0 Å². The molecule has 0 fully saturated rings. The molecule has 0 unspecified atom stereocenters. The number of hydrogen-bond acceptors (Lipinski definition) is 5. The summed E-state index contributed by atoms with van der Waals surface area (Å²) in [6, 6.07) is 15.5. The number of nitrogens with zero attached hydrogens (tertiary/aromatic N) is 2. The maximum atomic E-state index is 5.99. The normalized spacial score (nSPS) is 10.9. The van der Waals surface area contributed by atoms with Crippen molar-refractivity contribution in [2.45, 2.75) is 0 Å². The number of nitrogens with one attached hydrogen (secondary N) is 1. The Labute approximate surface area is 143 Å². The molecule has 0 spiro atoms. The Morgan fingerprint density at radius 1 is 1.22 bits per heavy atom. The van der Waals surface area contributed by atoms with Gasteiger partial charge in [0.15, 0.2) is 0 Å². The summed E-state index contributed by atoms with van der Waals surface area (Å²) in [6.45, 7) is 0. The minimum Gasteiger partial charge on any atom is -0.495 e. The van der Waals surface area contributed by atoms with Gasteiger partial charge in [0.25, 0.3) is 0 Å². The second-order valence-corrected chi connectivity index (χ2v) is 5.93. The van der Waals surface area contributed by atoms with Crippen LogP contribution in [-0.4, -0.2) is 18.3 Å². The van der Waals surface area contributed by atoms with Gasteiger partial charge in [-0.15, -0.1) is 11.3 Å². The highest BCUT2D eigenvalue weighted by molar-refractivity contribution is 7.14. The Hall–Kier alpha value is -2.37. The molecule has 0 aliphatic rings. The fourth-order valence-corrected chi connectivity index (χ4v) is 2.85. The van der Waals surface area contributed by atoms with Gasteiger partial charge in [0.1, 0.15) is 5.75 Å². The number of anilines is 1. The smallest absolute Gasteiger partial charge is 0.203 e. The van der Waals surface area contributed by atoms with E-state index in [1.807, 2.05) is 47.8 Å². The van der Waals surface area contributed by atoms with Gasteiger partial charge in [-0.25, -0.2) is 4.98 Å². The summed E-state index contributed by atoms with van der Waals surface area (Å²) in [6.07, 6.45) is 1.70. The van der Waals surface area contributed by atoms with Crippen LogP contribution >= 0.6 is 22.9 Å². The summed E-state index contributed by atoms with van der Waals surface area (Å²) in [7, 11) is 1.58. The van der Waals surface area contributed by atoms with E-state index in [1.165, 1.54) is 11.3 Å². The standard InChI is InChI=1S/C17H14ClN3OS/c1-22-16-9-12(7-8-14(16)18)10-19-21-17-20-15(11-23-17)13-5-3-2-4-6-13/h2-11H,1H3,(H,20,21). The first-order valence-electron chi connectivity index (χ1n) is 6.90. The number of benzene rings is 2. The zero-order valence-electron chi connectivity index (χ0n) is 12.4. The average molecular weight is 344 g/mol. The van der Waals surface area contributed by atoms with Gasteiger partial charge in [0.2, 0.25) is 5.13 Å². The van der Waals surface area contributed by atoms with E-state index in [4.69, 9.17) is 16.3 Å². The summed E-state index contributed by atoms with van der Waals surface area (Å²) in [5.74, 6) is 0.622.